The molecule has 34 heavy (non-hydrogen) atoms. The van der Waals surface area contributed by atoms with E-state index in [1.165, 1.54) is 17.7 Å². The fraction of sp³-hybridized carbons (Fsp3) is 0.214. The Morgan fingerprint density at radius 3 is 2.59 bits per heavy atom. The molecule has 3 aromatic carbocycles. The van der Waals surface area contributed by atoms with Crippen molar-refractivity contribution in [2.24, 2.45) is 0 Å². The smallest absolute Gasteiger partial charge is 0.322 e. The number of aromatic amines is 1. The zero-order valence-corrected chi connectivity index (χ0v) is 19.4. The zero-order valence-electron chi connectivity index (χ0n) is 19.4. The van der Waals surface area contributed by atoms with Crippen molar-refractivity contribution in [1.82, 2.24) is 9.88 Å². The second-order valence-corrected chi connectivity index (χ2v) is 8.47. The summed E-state index contributed by atoms with van der Waals surface area (Å²) < 4.78 is 14.2. The summed E-state index contributed by atoms with van der Waals surface area (Å²) in [7, 11) is 0. The molecule has 0 unspecified atom stereocenters. The van der Waals surface area contributed by atoms with Crippen LogP contribution in [-0.4, -0.2) is 22.5 Å². The average Bonchev–Trinajstić information content (AvgIpc) is 2.83. The van der Waals surface area contributed by atoms with Crippen LogP contribution in [0.2, 0.25) is 0 Å². The van der Waals surface area contributed by atoms with Gasteiger partial charge < -0.3 is 15.2 Å². The number of carbonyl (C=O) groups excluding carboxylic acids is 1. The van der Waals surface area contributed by atoms with Gasteiger partial charge in [-0.25, -0.2) is 9.18 Å². The van der Waals surface area contributed by atoms with E-state index >= 15 is 0 Å². The maximum absolute atomic E-state index is 14.2. The average molecular weight is 458 g/mol. The fourth-order valence-electron chi connectivity index (χ4n) is 3.99. The number of H-pyrrole nitrogens is 1. The minimum atomic E-state index is -0.509. The number of para-hydroxylation sites is 1. The number of halogens is 1. The summed E-state index contributed by atoms with van der Waals surface area (Å²) in [5.41, 5.74) is 4.49. The first-order valence-corrected chi connectivity index (χ1v) is 11.4. The Labute approximate surface area is 198 Å². The third-order valence-electron chi connectivity index (χ3n) is 5.91. The predicted molar refractivity (Wildman–Crippen MR) is 135 cm³/mol. The highest BCUT2D eigenvalue weighted by atomic mass is 19.1. The van der Waals surface area contributed by atoms with Crippen molar-refractivity contribution in [3.05, 3.63) is 111 Å². The number of aryl methyl sites for hydroxylation is 2. The molecule has 0 bridgehead atoms. The van der Waals surface area contributed by atoms with E-state index in [1.54, 1.807) is 17.0 Å². The van der Waals surface area contributed by atoms with Crippen LogP contribution in [0.15, 0.2) is 77.6 Å². The summed E-state index contributed by atoms with van der Waals surface area (Å²) in [5.74, 6) is -0.509. The molecule has 0 fully saturated rings. The summed E-state index contributed by atoms with van der Waals surface area (Å²) in [4.78, 5) is 30.4. The standard InChI is InChI=1S/C28H28FN3O2/c1-3-20-11-12-25-22(16-20)17-23(27(33)30-25)18-32(14-13-21-8-6-7-19(2)15-21)28(34)31-26-10-5-4-9-24(26)29/h4-12,15-17H,3,13-14,18H2,1-2H3,(H,30,33)(H,31,34). The van der Waals surface area contributed by atoms with Gasteiger partial charge in [0.25, 0.3) is 5.56 Å². The molecule has 4 rings (SSSR count). The number of benzene rings is 3. The van der Waals surface area contributed by atoms with Crippen LogP contribution in [0.5, 0.6) is 0 Å². The number of nitrogens with one attached hydrogen (secondary N) is 2. The van der Waals surface area contributed by atoms with E-state index in [9.17, 15) is 14.0 Å². The number of rotatable bonds is 7. The van der Waals surface area contributed by atoms with E-state index < -0.39 is 11.8 Å². The van der Waals surface area contributed by atoms with Crippen LogP contribution in [0.1, 0.15) is 29.2 Å². The van der Waals surface area contributed by atoms with Gasteiger partial charge >= 0.3 is 6.03 Å². The van der Waals surface area contributed by atoms with Crippen LogP contribution < -0.4 is 10.9 Å². The summed E-state index contributed by atoms with van der Waals surface area (Å²) in [6.45, 7) is 4.57. The van der Waals surface area contributed by atoms with Gasteiger partial charge in [-0.15, -0.1) is 0 Å². The Balaban J connectivity index is 1.62. The SMILES string of the molecule is CCc1ccc2[nH]c(=O)c(CN(CCc3cccc(C)c3)C(=O)Nc3ccccc3F)cc2c1. The van der Waals surface area contributed by atoms with E-state index in [4.69, 9.17) is 0 Å². The van der Waals surface area contributed by atoms with Crippen molar-refractivity contribution < 1.29 is 9.18 Å². The quantitative estimate of drug-likeness (QED) is 0.368. The van der Waals surface area contributed by atoms with Crippen molar-refractivity contribution in [2.45, 2.75) is 33.2 Å². The van der Waals surface area contributed by atoms with Gasteiger partial charge in [-0.3, -0.25) is 4.79 Å². The number of urea groups is 1. The molecule has 0 spiro atoms. The molecule has 0 saturated heterocycles. The highest BCUT2D eigenvalue weighted by Gasteiger charge is 2.18. The van der Waals surface area contributed by atoms with Gasteiger partial charge in [0.05, 0.1) is 12.2 Å². The maximum atomic E-state index is 14.2. The number of aromatic nitrogens is 1. The third kappa shape index (κ3) is 5.52. The van der Waals surface area contributed by atoms with Gasteiger partial charge in [0.15, 0.2) is 0 Å². The lowest BCUT2D eigenvalue weighted by molar-refractivity contribution is 0.209. The highest BCUT2D eigenvalue weighted by Crippen LogP contribution is 2.17. The second-order valence-electron chi connectivity index (χ2n) is 8.47. The van der Waals surface area contributed by atoms with Gasteiger partial charge in [0.1, 0.15) is 5.82 Å². The Bertz CT molecular complexity index is 1380. The lowest BCUT2D eigenvalue weighted by Crippen LogP contribution is -2.37. The largest absolute Gasteiger partial charge is 0.322 e. The van der Waals surface area contributed by atoms with Gasteiger partial charge in [-0.1, -0.05) is 55.0 Å². The van der Waals surface area contributed by atoms with Gasteiger partial charge in [0, 0.05) is 17.6 Å². The molecule has 2 amide bonds. The number of carbonyl (C=O) groups is 1. The molecule has 5 nitrogen and oxygen atoms in total. The van der Waals surface area contributed by atoms with Crippen molar-refractivity contribution in [3.63, 3.8) is 0 Å². The first-order chi connectivity index (χ1) is 16.4. The predicted octanol–water partition coefficient (Wildman–Crippen LogP) is 5.81. The molecule has 0 atom stereocenters. The Kier molecular flexibility index (Phi) is 7.07. The van der Waals surface area contributed by atoms with Crippen LogP contribution in [0.3, 0.4) is 0 Å². The highest BCUT2D eigenvalue weighted by molar-refractivity contribution is 5.89. The number of hydrogen-bond acceptors (Lipinski definition) is 2. The number of hydrogen-bond donors (Lipinski definition) is 2. The van der Waals surface area contributed by atoms with Crippen molar-refractivity contribution >= 4 is 22.6 Å². The number of pyridine rings is 1. The first kappa shape index (κ1) is 23.2. The lowest BCUT2D eigenvalue weighted by Gasteiger charge is -2.23. The van der Waals surface area contributed by atoms with E-state index in [0.29, 0.717) is 18.5 Å². The summed E-state index contributed by atoms with van der Waals surface area (Å²) in [5, 5.41) is 3.57. The number of amides is 2. The molecule has 0 aliphatic heterocycles. The third-order valence-corrected chi connectivity index (χ3v) is 5.91. The molecule has 0 radical (unpaired) electrons. The lowest BCUT2D eigenvalue weighted by atomic mass is 10.1. The topological polar surface area (TPSA) is 65.2 Å². The number of nitrogens with zero attached hydrogens (tertiary/aromatic N) is 1. The molecule has 0 aliphatic carbocycles. The summed E-state index contributed by atoms with van der Waals surface area (Å²) in [6, 6.07) is 21.4. The molecule has 174 valence electrons. The molecule has 6 heteroatoms. The normalized spacial score (nSPS) is 10.9. The molecule has 2 N–H and O–H groups in total. The van der Waals surface area contributed by atoms with Crippen LogP contribution in [0.25, 0.3) is 10.9 Å². The van der Waals surface area contributed by atoms with Crippen LogP contribution in [0, 0.1) is 12.7 Å². The maximum Gasteiger partial charge on any atom is 0.322 e. The van der Waals surface area contributed by atoms with E-state index in [0.717, 1.165) is 28.5 Å². The minimum absolute atomic E-state index is 0.105. The number of anilines is 1. The van der Waals surface area contributed by atoms with Gasteiger partial charge in [-0.2, -0.15) is 0 Å². The molecule has 0 aliphatic rings. The van der Waals surface area contributed by atoms with Crippen LogP contribution >= 0.6 is 0 Å². The van der Waals surface area contributed by atoms with E-state index in [-0.39, 0.29) is 17.8 Å². The van der Waals surface area contributed by atoms with E-state index in [1.807, 2.05) is 49.4 Å². The summed E-state index contributed by atoms with van der Waals surface area (Å²) >= 11 is 0. The van der Waals surface area contributed by atoms with E-state index in [2.05, 4.69) is 23.3 Å². The number of fused-ring (bicyclic) bond motifs is 1. The Hall–Kier alpha value is -3.93. The fourth-order valence-corrected chi connectivity index (χ4v) is 3.99. The van der Waals surface area contributed by atoms with Crippen molar-refractivity contribution in [3.8, 4) is 0 Å². The first-order valence-electron chi connectivity index (χ1n) is 11.4. The van der Waals surface area contributed by atoms with Crippen molar-refractivity contribution in [2.75, 3.05) is 11.9 Å². The van der Waals surface area contributed by atoms with Crippen molar-refractivity contribution in [1.29, 1.82) is 0 Å². The Morgan fingerprint density at radius 1 is 1.00 bits per heavy atom. The molecule has 1 heterocycles. The molecular formula is C28H28FN3O2. The monoisotopic (exact) mass is 457 g/mol. The molecule has 4 aromatic rings. The zero-order chi connectivity index (χ0) is 24.1. The van der Waals surface area contributed by atoms with Crippen LogP contribution in [0.4, 0.5) is 14.9 Å². The summed E-state index contributed by atoms with van der Waals surface area (Å²) in [6.07, 6.45) is 1.50. The second kappa shape index (κ2) is 10.3. The Morgan fingerprint density at radius 2 is 1.82 bits per heavy atom. The molecule has 1 aromatic heterocycles. The van der Waals surface area contributed by atoms with Gasteiger partial charge in [0.2, 0.25) is 0 Å². The molecular weight excluding hydrogens is 429 g/mol. The van der Waals surface area contributed by atoms with Crippen LogP contribution in [-0.2, 0) is 19.4 Å². The van der Waals surface area contributed by atoms with Gasteiger partial charge in [-0.05, 0) is 66.6 Å². The molecule has 0 saturated carbocycles. The minimum Gasteiger partial charge on any atom is -0.322 e.